The van der Waals surface area contributed by atoms with Gasteiger partial charge in [0.25, 0.3) is 0 Å². The van der Waals surface area contributed by atoms with Gasteiger partial charge in [0.15, 0.2) is 6.73 Å². The zero-order chi connectivity index (χ0) is 21.5. The Labute approximate surface area is 177 Å². The highest BCUT2D eigenvalue weighted by Gasteiger charge is 2.20. The van der Waals surface area contributed by atoms with E-state index < -0.39 is 12.1 Å². The summed E-state index contributed by atoms with van der Waals surface area (Å²) in [7, 11) is 2.65. The molecule has 0 radical (unpaired) electrons. The fourth-order valence-corrected chi connectivity index (χ4v) is 3.65. The van der Waals surface area contributed by atoms with E-state index in [1.54, 1.807) is 29.5 Å². The number of esters is 1. The molecule has 158 valence electrons. The first-order valence-electron chi connectivity index (χ1n) is 9.09. The van der Waals surface area contributed by atoms with E-state index in [0.29, 0.717) is 18.0 Å². The molecule has 30 heavy (non-hydrogen) atoms. The number of thiazole rings is 1. The predicted molar refractivity (Wildman–Crippen MR) is 113 cm³/mol. The molecule has 0 unspecified atom stereocenters. The van der Waals surface area contributed by atoms with Crippen molar-refractivity contribution in [3.8, 4) is 5.75 Å². The van der Waals surface area contributed by atoms with Crippen LogP contribution in [0.3, 0.4) is 0 Å². The molecule has 1 heterocycles. The highest BCUT2D eigenvalue weighted by Crippen LogP contribution is 2.27. The number of hydrogen-bond acceptors (Lipinski definition) is 8. The third-order valence-corrected chi connectivity index (χ3v) is 5.18. The largest absolute Gasteiger partial charge is 0.486 e. The number of benzene rings is 2. The molecule has 0 saturated carbocycles. The van der Waals surface area contributed by atoms with Crippen molar-refractivity contribution in [3.05, 3.63) is 53.0 Å². The summed E-state index contributed by atoms with van der Waals surface area (Å²) < 4.78 is 21.6. The summed E-state index contributed by atoms with van der Waals surface area (Å²) in [5.74, 6) is 0.0524. The van der Waals surface area contributed by atoms with Gasteiger partial charge in [-0.05, 0) is 42.8 Å². The number of para-hydroxylation sites is 1. The average Bonchev–Trinajstić information content (AvgIpc) is 3.16. The Kier molecular flexibility index (Phi) is 7.21. The first kappa shape index (κ1) is 21.5. The predicted octanol–water partition coefficient (Wildman–Crippen LogP) is 3.90. The van der Waals surface area contributed by atoms with E-state index in [9.17, 15) is 9.59 Å². The number of carbonyl (C=O) groups is 2. The SMILES string of the molecule is COCC(=O)OCN(C(=O)OC)c1ccc(OCc2nc3ccccc3s2)cc1C. The Bertz CT molecular complexity index is 1000. The monoisotopic (exact) mass is 430 g/mol. The molecule has 2 aromatic carbocycles. The zero-order valence-electron chi connectivity index (χ0n) is 16.9. The third-order valence-electron chi connectivity index (χ3n) is 4.17. The van der Waals surface area contributed by atoms with Gasteiger partial charge in [-0.1, -0.05) is 12.1 Å². The Balaban J connectivity index is 1.69. The summed E-state index contributed by atoms with van der Waals surface area (Å²) in [5.41, 5.74) is 2.24. The molecule has 1 amide bonds. The minimum Gasteiger partial charge on any atom is -0.486 e. The van der Waals surface area contributed by atoms with Crippen molar-refractivity contribution in [1.82, 2.24) is 4.98 Å². The third kappa shape index (κ3) is 5.25. The highest BCUT2D eigenvalue weighted by atomic mass is 32.1. The van der Waals surface area contributed by atoms with Crippen molar-refractivity contribution in [1.29, 1.82) is 0 Å². The number of anilines is 1. The maximum Gasteiger partial charge on any atom is 0.416 e. The van der Waals surface area contributed by atoms with Gasteiger partial charge in [0.2, 0.25) is 0 Å². The number of nitrogens with zero attached hydrogens (tertiary/aromatic N) is 2. The molecule has 0 aliphatic heterocycles. The molecule has 0 spiro atoms. The lowest BCUT2D eigenvalue weighted by Gasteiger charge is -2.23. The minimum absolute atomic E-state index is 0.202. The van der Waals surface area contributed by atoms with Crippen LogP contribution in [0, 0.1) is 6.92 Å². The van der Waals surface area contributed by atoms with E-state index in [4.69, 9.17) is 18.9 Å². The van der Waals surface area contributed by atoms with Crippen molar-refractivity contribution >= 4 is 39.3 Å². The van der Waals surface area contributed by atoms with Gasteiger partial charge in [0, 0.05) is 7.11 Å². The lowest BCUT2D eigenvalue weighted by atomic mass is 10.2. The molecule has 1 aromatic heterocycles. The molecule has 8 nitrogen and oxygen atoms in total. The fourth-order valence-electron chi connectivity index (χ4n) is 2.77. The maximum absolute atomic E-state index is 12.2. The number of aryl methyl sites for hydroxylation is 1. The number of hydrogen-bond donors (Lipinski definition) is 0. The van der Waals surface area contributed by atoms with Crippen LogP contribution in [0.25, 0.3) is 10.2 Å². The van der Waals surface area contributed by atoms with Gasteiger partial charge in [0.1, 0.15) is 24.0 Å². The van der Waals surface area contributed by atoms with Crippen LogP contribution in [0.15, 0.2) is 42.5 Å². The number of rotatable bonds is 8. The first-order chi connectivity index (χ1) is 14.5. The van der Waals surface area contributed by atoms with Gasteiger partial charge in [0.05, 0.1) is 23.0 Å². The number of amides is 1. The van der Waals surface area contributed by atoms with Crippen LogP contribution in [-0.4, -0.2) is 44.6 Å². The van der Waals surface area contributed by atoms with Crippen LogP contribution >= 0.6 is 11.3 Å². The molecule has 0 N–H and O–H groups in total. The van der Waals surface area contributed by atoms with Crippen molar-refractivity contribution in [3.63, 3.8) is 0 Å². The van der Waals surface area contributed by atoms with E-state index in [1.807, 2.05) is 31.2 Å². The van der Waals surface area contributed by atoms with Crippen molar-refractivity contribution in [2.45, 2.75) is 13.5 Å². The molecular formula is C21H22N2O6S. The van der Waals surface area contributed by atoms with Gasteiger partial charge in [-0.25, -0.2) is 19.5 Å². The maximum atomic E-state index is 12.2. The van der Waals surface area contributed by atoms with Gasteiger partial charge in [-0.3, -0.25) is 0 Å². The highest BCUT2D eigenvalue weighted by molar-refractivity contribution is 7.18. The van der Waals surface area contributed by atoms with Crippen LogP contribution in [-0.2, 0) is 25.6 Å². The summed E-state index contributed by atoms with van der Waals surface area (Å²) in [6.07, 6.45) is -0.647. The van der Waals surface area contributed by atoms with Crippen LogP contribution in [0.4, 0.5) is 10.5 Å². The van der Waals surface area contributed by atoms with E-state index in [-0.39, 0.29) is 13.3 Å². The molecule has 0 atom stereocenters. The first-order valence-corrected chi connectivity index (χ1v) is 9.91. The summed E-state index contributed by atoms with van der Waals surface area (Å²) >= 11 is 1.58. The normalized spacial score (nSPS) is 10.6. The molecule has 0 aliphatic rings. The quantitative estimate of drug-likeness (QED) is 0.396. The molecule has 3 rings (SSSR count). The van der Waals surface area contributed by atoms with E-state index >= 15 is 0 Å². The smallest absolute Gasteiger partial charge is 0.416 e. The van der Waals surface area contributed by atoms with Crippen LogP contribution in [0.1, 0.15) is 10.6 Å². The fraction of sp³-hybridized carbons (Fsp3) is 0.286. The number of fused-ring (bicyclic) bond motifs is 1. The molecule has 0 saturated heterocycles. The van der Waals surface area contributed by atoms with Crippen LogP contribution < -0.4 is 9.64 Å². The van der Waals surface area contributed by atoms with Crippen LogP contribution in [0.5, 0.6) is 5.75 Å². The van der Waals surface area contributed by atoms with Gasteiger partial charge < -0.3 is 18.9 Å². The van der Waals surface area contributed by atoms with Crippen molar-refractivity contribution in [2.75, 3.05) is 32.5 Å². The van der Waals surface area contributed by atoms with E-state index in [2.05, 4.69) is 4.98 Å². The number of ether oxygens (including phenoxy) is 4. The second kappa shape index (κ2) is 10.0. The Morgan fingerprint density at radius 1 is 1.13 bits per heavy atom. The Morgan fingerprint density at radius 2 is 1.93 bits per heavy atom. The van der Waals surface area contributed by atoms with Gasteiger partial charge >= 0.3 is 12.1 Å². The average molecular weight is 430 g/mol. The lowest BCUT2D eigenvalue weighted by molar-refractivity contribution is -0.147. The standard InChI is InChI=1S/C21H22N2O6S/c1-14-10-15(28-11-19-22-16-6-4-5-7-18(16)30-19)8-9-17(14)23(21(25)27-3)13-29-20(24)12-26-2/h4-10H,11-13H2,1-3H3. The number of aromatic nitrogens is 1. The Morgan fingerprint density at radius 3 is 2.63 bits per heavy atom. The summed E-state index contributed by atoms with van der Waals surface area (Å²) in [4.78, 5) is 29.5. The summed E-state index contributed by atoms with van der Waals surface area (Å²) in [6, 6.07) is 13.2. The minimum atomic E-state index is -0.647. The molecule has 0 fully saturated rings. The lowest BCUT2D eigenvalue weighted by Crippen LogP contribution is -2.35. The zero-order valence-corrected chi connectivity index (χ0v) is 17.7. The number of methoxy groups -OCH3 is 2. The van der Waals surface area contributed by atoms with E-state index in [1.165, 1.54) is 19.1 Å². The molecular weight excluding hydrogens is 408 g/mol. The molecule has 0 aliphatic carbocycles. The van der Waals surface area contributed by atoms with E-state index in [0.717, 1.165) is 20.8 Å². The second-order valence-corrected chi connectivity index (χ2v) is 7.40. The summed E-state index contributed by atoms with van der Waals surface area (Å²) in [6.45, 7) is 1.68. The topological polar surface area (TPSA) is 87.2 Å². The molecule has 0 bridgehead atoms. The Hall–Kier alpha value is -3.17. The van der Waals surface area contributed by atoms with Crippen molar-refractivity contribution in [2.24, 2.45) is 0 Å². The second-order valence-electron chi connectivity index (χ2n) is 6.29. The summed E-state index contributed by atoms with van der Waals surface area (Å²) in [5, 5.41) is 0.874. The van der Waals surface area contributed by atoms with Gasteiger partial charge in [-0.2, -0.15) is 0 Å². The molecule has 9 heteroatoms. The molecule has 3 aromatic rings. The van der Waals surface area contributed by atoms with Crippen LogP contribution in [0.2, 0.25) is 0 Å². The van der Waals surface area contributed by atoms with Gasteiger partial charge in [-0.15, -0.1) is 11.3 Å². The van der Waals surface area contributed by atoms with Crippen molar-refractivity contribution < 1.29 is 28.5 Å². The number of carbonyl (C=O) groups excluding carboxylic acids is 2.